The summed E-state index contributed by atoms with van der Waals surface area (Å²) < 4.78 is 79.8. The van der Waals surface area contributed by atoms with E-state index in [2.05, 4.69) is 6.92 Å². The second-order valence-corrected chi connectivity index (χ2v) is 15.2. The molecule has 3 saturated carbocycles. The highest BCUT2D eigenvalue weighted by Crippen LogP contribution is 2.77. The van der Waals surface area contributed by atoms with Crippen LogP contribution in [0.5, 0.6) is 5.75 Å². The Balaban J connectivity index is 1.08. The fraction of sp³-hybridized carbons (Fsp3) is 0.806. The molecule has 10 heteroatoms. The number of aliphatic hydroxyl groups excluding tert-OH is 1. The lowest BCUT2D eigenvalue weighted by molar-refractivity contribution is -0.284. The van der Waals surface area contributed by atoms with E-state index in [0.29, 0.717) is 12.0 Å². The Morgan fingerprint density at radius 3 is 2.20 bits per heavy atom. The van der Waals surface area contributed by atoms with Crippen LogP contribution in [0.1, 0.15) is 139 Å². The van der Waals surface area contributed by atoms with Crippen LogP contribution >= 0.6 is 0 Å². The maximum atomic E-state index is 16.4. The van der Waals surface area contributed by atoms with E-state index in [0.717, 1.165) is 82.6 Å². The van der Waals surface area contributed by atoms with Crippen LogP contribution in [-0.4, -0.2) is 39.5 Å². The van der Waals surface area contributed by atoms with E-state index in [1.165, 1.54) is 0 Å². The zero-order valence-corrected chi connectivity index (χ0v) is 26.8. The summed E-state index contributed by atoms with van der Waals surface area (Å²) in [5.41, 5.74) is 1.70. The minimum atomic E-state index is -5.62. The number of phenolic OH excluding ortho intramolecular Hbond substituents is 1. The summed E-state index contributed by atoms with van der Waals surface area (Å²) in [4.78, 5) is 11.5. The van der Waals surface area contributed by atoms with Gasteiger partial charge in [-0.25, -0.2) is 4.39 Å². The smallest absolute Gasteiger partial charge is 0.453 e. The number of phenols is 1. The molecule has 0 aromatic heterocycles. The van der Waals surface area contributed by atoms with Gasteiger partial charge in [0.15, 0.2) is 0 Å². The number of benzene rings is 1. The second kappa shape index (κ2) is 13.5. The summed E-state index contributed by atoms with van der Waals surface area (Å²) in [6.45, 7) is 2.35. The Labute approximate surface area is 268 Å². The minimum Gasteiger partial charge on any atom is -0.508 e. The number of carboxylic acids is 1. The number of rotatable bonds is 15. The summed E-state index contributed by atoms with van der Waals surface area (Å²) in [6.07, 6.45) is 2.59. The summed E-state index contributed by atoms with van der Waals surface area (Å²) >= 11 is 0. The lowest BCUT2D eigenvalue weighted by atomic mass is 9.50. The molecular formula is C36H50F6O4. The molecule has 0 radical (unpaired) electrons. The molecule has 3 N–H and O–H groups in total. The predicted molar refractivity (Wildman–Crippen MR) is 162 cm³/mol. The van der Waals surface area contributed by atoms with Gasteiger partial charge in [0.2, 0.25) is 0 Å². The Morgan fingerprint density at radius 2 is 1.57 bits per heavy atom. The Hall–Kier alpha value is -1.97. The molecule has 8 atom stereocenters. The first-order chi connectivity index (χ1) is 21.6. The molecule has 0 bridgehead atoms. The van der Waals surface area contributed by atoms with Crippen LogP contribution in [0.3, 0.4) is 0 Å². The van der Waals surface area contributed by atoms with Gasteiger partial charge >= 0.3 is 18.1 Å². The van der Waals surface area contributed by atoms with E-state index >= 15 is 4.39 Å². The van der Waals surface area contributed by atoms with Crippen molar-refractivity contribution < 1.29 is 46.5 Å². The van der Waals surface area contributed by atoms with Crippen molar-refractivity contribution in [2.24, 2.45) is 34.5 Å². The van der Waals surface area contributed by atoms with Crippen LogP contribution < -0.4 is 0 Å². The maximum absolute atomic E-state index is 16.4. The molecule has 0 aliphatic heterocycles. The van der Waals surface area contributed by atoms with E-state index in [1.54, 1.807) is 12.1 Å². The first-order valence-electron chi connectivity index (χ1n) is 17.5. The molecule has 46 heavy (non-hydrogen) atoms. The molecule has 4 aliphatic carbocycles. The molecule has 0 saturated heterocycles. The molecule has 3 fully saturated rings. The number of carbonyl (C=O) groups is 1. The SMILES string of the molecule is C[C@]12CCC3c4ccc(O)cc4[C@H](F)C(CCCCCCCCCC(CCCC(F)(F)C(F)(F)F)C(=O)O)C3C1C[C@@H](O)C21CC1. The molecule has 0 amide bonds. The summed E-state index contributed by atoms with van der Waals surface area (Å²) in [6, 6.07) is 5.19. The van der Waals surface area contributed by atoms with Crippen LogP contribution in [0, 0.1) is 34.5 Å². The summed E-state index contributed by atoms with van der Waals surface area (Å²) in [5.74, 6) is -6.28. The van der Waals surface area contributed by atoms with Gasteiger partial charge in [-0.05, 0) is 110 Å². The topological polar surface area (TPSA) is 77.8 Å². The summed E-state index contributed by atoms with van der Waals surface area (Å²) in [5, 5.41) is 30.7. The maximum Gasteiger partial charge on any atom is 0.453 e. The quantitative estimate of drug-likeness (QED) is 0.129. The third-order valence-electron chi connectivity index (χ3n) is 12.8. The van der Waals surface area contributed by atoms with Crippen LogP contribution in [-0.2, 0) is 4.79 Å². The highest BCUT2D eigenvalue weighted by Gasteiger charge is 2.71. The average Bonchev–Trinajstić information content (AvgIpc) is 3.77. The monoisotopic (exact) mass is 660 g/mol. The first-order valence-corrected chi connectivity index (χ1v) is 17.5. The van der Waals surface area contributed by atoms with Crippen molar-refractivity contribution in [1.29, 1.82) is 0 Å². The van der Waals surface area contributed by atoms with Gasteiger partial charge in [-0.3, -0.25) is 4.79 Å². The number of aliphatic carboxylic acids is 1. The summed E-state index contributed by atoms with van der Waals surface area (Å²) in [7, 11) is 0. The van der Waals surface area contributed by atoms with E-state index in [9.17, 15) is 42.1 Å². The van der Waals surface area contributed by atoms with Crippen LogP contribution in [0.4, 0.5) is 26.3 Å². The Morgan fingerprint density at radius 1 is 0.935 bits per heavy atom. The number of aromatic hydroxyl groups is 1. The molecule has 4 nitrogen and oxygen atoms in total. The molecule has 260 valence electrons. The van der Waals surface area contributed by atoms with E-state index in [4.69, 9.17) is 0 Å². The molecule has 1 aromatic carbocycles. The Kier molecular flexibility index (Phi) is 10.4. The fourth-order valence-electron chi connectivity index (χ4n) is 10.1. The van der Waals surface area contributed by atoms with Gasteiger partial charge in [0.05, 0.1) is 12.0 Å². The van der Waals surface area contributed by atoms with Crippen molar-refractivity contribution in [1.82, 2.24) is 0 Å². The third kappa shape index (κ3) is 6.67. The number of unbranched alkanes of at least 4 members (excludes halogenated alkanes) is 6. The molecule has 0 heterocycles. The highest BCUT2D eigenvalue weighted by molar-refractivity contribution is 5.69. The molecule has 1 aromatic rings. The van der Waals surface area contributed by atoms with Crippen LogP contribution in [0.15, 0.2) is 18.2 Å². The van der Waals surface area contributed by atoms with E-state index in [-0.39, 0.29) is 59.2 Å². The lowest BCUT2D eigenvalue weighted by Gasteiger charge is -2.54. The van der Waals surface area contributed by atoms with Crippen LogP contribution in [0.25, 0.3) is 0 Å². The third-order valence-corrected chi connectivity index (χ3v) is 12.8. The predicted octanol–water partition coefficient (Wildman–Crippen LogP) is 10.3. The lowest BCUT2D eigenvalue weighted by Crippen LogP contribution is -2.47. The van der Waals surface area contributed by atoms with Gasteiger partial charge in [0, 0.05) is 11.8 Å². The number of halogens is 6. The van der Waals surface area contributed by atoms with Crippen molar-refractivity contribution in [3.63, 3.8) is 0 Å². The van der Waals surface area contributed by atoms with Gasteiger partial charge in [0.25, 0.3) is 0 Å². The van der Waals surface area contributed by atoms with Gasteiger partial charge < -0.3 is 15.3 Å². The van der Waals surface area contributed by atoms with Gasteiger partial charge in [-0.1, -0.05) is 57.9 Å². The van der Waals surface area contributed by atoms with Crippen molar-refractivity contribution >= 4 is 5.97 Å². The molecule has 5 unspecified atom stereocenters. The molecule has 1 spiro atoms. The van der Waals surface area contributed by atoms with E-state index in [1.807, 2.05) is 6.07 Å². The van der Waals surface area contributed by atoms with Gasteiger partial charge in [0.1, 0.15) is 11.9 Å². The standard InChI is InChI=1S/C36H50F6O4/c1-33-17-15-25-24-14-13-23(43)20-27(24)31(37)26(30(25)28(33)21-29(44)34(33)18-19-34)12-8-6-4-2-3-5-7-10-22(32(45)46)11-9-16-35(38,39)36(40,41)42/h13-14,20,22,25-26,28-31,43-44H,2-12,15-19,21H2,1H3,(H,45,46)/t22?,25?,26?,28?,29-,30?,31-,33+/m1/s1. The number of aliphatic hydroxyl groups is 1. The Bertz CT molecular complexity index is 1220. The molecule has 5 rings (SSSR count). The molecule has 4 aliphatic rings. The van der Waals surface area contributed by atoms with Gasteiger partial charge in [-0.2, -0.15) is 22.0 Å². The van der Waals surface area contributed by atoms with Crippen molar-refractivity contribution in [2.45, 2.75) is 146 Å². The average molecular weight is 661 g/mol. The van der Waals surface area contributed by atoms with Gasteiger partial charge in [-0.15, -0.1) is 0 Å². The second-order valence-electron chi connectivity index (χ2n) is 15.2. The highest BCUT2D eigenvalue weighted by atomic mass is 19.4. The van der Waals surface area contributed by atoms with Crippen LogP contribution in [0.2, 0.25) is 0 Å². The zero-order chi connectivity index (χ0) is 33.5. The number of fused-ring (bicyclic) bond motifs is 6. The number of hydrogen-bond acceptors (Lipinski definition) is 3. The number of alkyl halides is 6. The largest absolute Gasteiger partial charge is 0.508 e. The zero-order valence-electron chi connectivity index (χ0n) is 26.8. The van der Waals surface area contributed by atoms with E-state index < -0.39 is 43.0 Å². The van der Waals surface area contributed by atoms with Crippen molar-refractivity contribution in [3.8, 4) is 5.75 Å². The van der Waals surface area contributed by atoms with Crippen molar-refractivity contribution in [2.75, 3.05) is 0 Å². The minimum absolute atomic E-state index is 0.000498. The first kappa shape index (κ1) is 35.3. The normalized spacial score (nSPS) is 32.1. The number of hydrogen-bond donors (Lipinski definition) is 3. The molecular weight excluding hydrogens is 610 g/mol. The van der Waals surface area contributed by atoms with Crippen molar-refractivity contribution in [3.05, 3.63) is 29.3 Å². The fourth-order valence-corrected chi connectivity index (χ4v) is 10.1. The number of carboxylic acid groups (broad SMARTS) is 1.